The van der Waals surface area contributed by atoms with Crippen LogP contribution in [-0.4, -0.2) is 48.8 Å². The molecule has 8 nitrogen and oxygen atoms in total. The summed E-state index contributed by atoms with van der Waals surface area (Å²) >= 11 is 2.60. The van der Waals surface area contributed by atoms with Gasteiger partial charge in [0.15, 0.2) is 5.13 Å². The molecule has 0 radical (unpaired) electrons. The molecule has 0 spiro atoms. The van der Waals surface area contributed by atoms with Gasteiger partial charge >= 0.3 is 0 Å². The fraction of sp³-hybridized carbons (Fsp3) is 0.292. The molecule has 3 aromatic heterocycles. The largest absolute Gasteiger partial charge is 0.497 e. The monoisotopic (exact) mass is 528 g/mol. The Hall–Kier alpha value is -2.86. The number of hydrogen-bond acceptors (Lipinski definition) is 8. The molecule has 1 aliphatic rings. The molecule has 1 amide bonds. The molecule has 4 aromatic rings. The van der Waals surface area contributed by atoms with Gasteiger partial charge in [-0.25, -0.2) is 13.4 Å². The number of thiazole rings is 1. The normalized spacial score (nSPS) is 16.9. The Morgan fingerprint density at radius 2 is 2.11 bits per heavy atom. The van der Waals surface area contributed by atoms with Gasteiger partial charge in [0.2, 0.25) is 5.91 Å². The van der Waals surface area contributed by atoms with E-state index in [9.17, 15) is 13.2 Å². The van der Waals surface area contributed by atoms with E-state index in [4.69, 9.17) is 9.72 Å². The van der Waals surface area contributed by atoms with Gasteiger partial charge in [0.05, 0.1) is 35.5 Å². The summed E-state index contributed by atoms with van der Waals surface area (Å²) < 4.78 is 34.2. The van der Waals surface area contributed by atoms with Gasteiger partial charge in [-0.2, -0.15) is 4.31 Å². The lowest BCUT2D eigenvalue weighted by atomic mass is 9.98. The van der Waals surface area contributed by atoms with Crippen molar-refractivity contribution in [3.8, 4) is 5.75 Å². The maximum atomic E-state index is 13.9. The smallest absolute Gasteiger partial charge is 0.252 e. The maximum absolute atomic E-state index is 13.9. The Morgan fingerprint density at radius 1 is 1.23 bits per heavy atom. The van der Waals surface area contributed by atoms with Crippen molar-refractivity contribution in [2.45, 2.75) is 23.6 Å². The molecule has 35 heavy (non-hydrogen) atoms. The number of carbonyl (C=O) groups excluding carboxylic acids is 1. The van der Waals surface area contributed by atoms with Crippen molar-refractivity contribution in [2.24, 2.45) is 5.92 Å². The Morgan fingerprint density at radius 3 is 2.86 bits per heavy atom. The number of rotatable bonds is 7. The van der Waals surface area contributed by atoms with Crippen LogP contribution in [0.1, 0.15) is 18.5 Å². The van der Waals surface area contributed by atoms with Crippen LogP contribution in [0.3, 0.4) is 0 Å². The highest BCUT2D eigenvalue weighted by atomic mass is 32.2. The summed E-state index contributed by atoms with van der Waals surface area (Å²) in [5.41, 5.74) is 1.51. The molecule has 0 saturated carbocycles. The van der Waals surface area contributed by atoms with Gasteiger partial charge in [0.1, 0.15) is 9.96 Å². The predicted molar refractivity (Wildman–Crippen MR) is 137 cm³/mol. The highest BCUT2D eigenvalue weighted by Crippen LogP contribution is 2.34. The standard InChI is InChI=1S/C24H24N4O4S3/c1-32-19-9-10-20-21(14-19)34-24(26-20)28(16-18-7-2-3-11-25-18)23(29)17-6-4-12-27(15-17)35(30,31)22-8-5-13-33-22/h2-3,5,7-11,13-14,17H,4,6,12,15-16H2,1H3. The lowest BCUT2D eigenvalue weighted by Crippen LogP contribution is -2.46. The van der Waals surface area contributed by atoms with Crippen molar-refractivity contribution in [1.82, 2.24) is 14.3 Å². The number of aromatic nitrogens is 2. The zero-order chi connectivity index (χ0) is 24.4. The van der Waals surface area contributed by atoms with E-state index in [1.807, 2.05) is 36.4 Å². The molecular formula is C24H24N4O4S3. The second-order valence-corrected chi connectivity index (χ2v) is 12.3. The maximum Gasteiger partial charge on any atom is 0.252 e. The lowest BCUT2D eigenvalue weighted by molar-refractivity contribution is -0.123. The predicted octanol–water partition coefficient (Wildman–Crippen LogP) is 4.40. The lowest BCUT2D eigenvalue weighted by Gasteiger charge is -2.33. The van der Waals surface area contributed by atoms with Crippen molar-refractivity contribution >= 4 is 54.0 Å². The van der Waals surface area contributed by atoms with E-state index in [1.54, 1.807) is 35.7 Å². The molecule has 1 atom stereocenters. The van der Waals surface area contributed by atoms with Crippen LogP contribution < -0.4 is 9.64 Å². The number of anilines is 1. The molecule has 1 unspecified atom stereocenters. The van der Waals surface area contributed by atoms with Crippen molar-refractivity contribution in [2.75, 3.05) is 25.1 Å². The topological polar surface area (TPSA) is 92.7 Å². The fourth-order valence-corrected chi connectivity index (χ4v) is 7.82. The van der Waals surface area contributed by atoms with Crippen molar-refractivity contribution in [3.63, 3.8) is 0 Å². The third kappa shape index (κ3) is 4.94. The van der Waals surface area contributed by atoms with Crippen LogP contribution >= 0.6 is 22.7 Å². The van der Waals surface area contributed by atoms with E-state index in [2.05, 4.69) is 4.98 Å². The molecule has 1 aliphatic heterocycles. The van der Waals surface area contributed by atoms with Gasteiger partial charge in [-0.1, -0.05) is 23.5 Å². The molecule has 0 aliphatic carbocycles. The minimum Gasteiger partial charge on any atom is -0.497 e. The van der Waals surface area contributed by atoms with Crippen LogP contribution in [0.5, 0.6) is 5.75 Å². The number of thiophene rings is 1. The SMILES string of the molecule is COc1ccc2nc(N(Cc3ccccn3)C(=O)C3CCCN(S(=O)(=O)c4cccs4)C3)sc2c1. The van der Waals surface area contributed by atoms with Gasteiger partial charge in [-0.15, -0.1) is 11.3 Å². The molecule has 1 aromatic carbocycles. The third-order valence-electron chi connectivity index (χ3n) is 5.95. The quantitative estimate of drug-likeness (QED) is 0.353. The minimum absolute atomic E-state index is 0.146. The van der Waals surface area contributed by atoms with Gasteiger partial charge in [0, 0.05) is 19.3 Å². The first kappa shape index (κ1) is 23.9. The van der Waals surface area contributed by atoms with Gasteiger partial charge < -0.3 is 4.74 Å². The number of nitrogens with zero attached hydrogens (tertiary/aromatic N) is 4. The number of fused-ring (bicyclic) bond motifs is 1. The van der Waals surface area contributed by atoms with Crippen LogP contribution in [0.4, 0.5) is 5.13 Å². The number of benzene rings is 1. The first-order valence-corrected chi connectivity index (χ1v) is 14.3. The Balaban J connectivity index is 1.46. The van der Waals surface area contributed by atoms with Gasteiger partial charge in [-0.3, -0.25) is 14.7 Å². The average Bonchev–Trinajstić information content (AvgIpc) is 3.58. The number of pyridine rings is 1. The first-order chi connectivity index (χ1) is 17.0. The van der Waals surface area contributed by atoms with Crippen molar-refractivity contribution in [3.05, 3.63) is 65.8 Å². The molecular weight excluding hydrogens is 504 g/mol. The van der Waals surface area contributed by atoms with E-state index in [0.717, 1.165) is 21.7 Å². The zero-order valence-electron chi connectivity index (χ0n) is 19.0. The summed E-state index contributed by atoms with van der Waals surface area (Å²) in [5.74, 6) is 0.105. The van der Waals surface area contributed by atoms with E-state index >= 15 is 0 Å². The molecule has 0 bridgehead atoms. The van der Waals surface area contributed by atoms with Crippen LogP contribution in [0.25, 0.3) is 10.2 Å². The average molecular weight is 529 g/mol. The molecule has 1 fully saturated rings. The Kier molecular flexibility index (Phi) is 6.83. The Bertz CT molecular complexity index is 1420. The number of ether oxygens (including phenoxy) is 1. The summed E-state index contributed by atoms with van der Waals surface area (Å²) in [6, 6.07) is 14.5. The first-order valence-electron chi connectivity index (χ1n) is 11.2. The second-order valence-electron chi connectivity index (χ2n) is 8.21. The zero-order valence-corrected chi connectivity index (χ0v) is 21.5. The molecule has 182 valence electrons. The van der Waals surface area contributed by atoms with Crippen LogP contribution in [0.2, 0.25) is 0 Å². The summed E-state index contributed by atoms with van der Waals surface area (Å²) in [7, 11) is -2.01. The second kappa shape index (κ2) is 10.0. The van der Waals surface area contributed by atoms with Crippen LogP contribution in [-0.2, 0) is 21.4 Å². The highest BCUT2D eigenvalue weighted by Gasteiger charge is 2.36. The van der Waals surface area contributed by atoms with E-state index < -0.39 is 15.9 Å². The number of methoxy groups -OCH3 is 1. The van der Waals surface area contributed by atoms with E-state index in [1.165, 1.54) is 27.0 Å². The number of carbonyl (C=O) groups is 1. The molecule has 11 heteroatoms. The molecule has 0 N–H and O–H groups in total. The van der Waals surface area contributed by atoms with E-state index in [0.29, 0.717) is 28.7 Å². The van der Waals surface area contributed by atoms with Gasteiger partial charge in [0.25, 0.3) is 10.0 Å². The molecule has 4 heterocycles. The summed E-state index contributed by atoms with van der Waals surface area (Å²) in [6.45, 7) is 0.812. The van der Waals surface area contributed by atoms with Crippen molar-refractivity contribution < 1.29 is 17.9 Å². The molecule has 5 rings (SSSR count). The fourth-order valence-electron chi connectivity index (χ4n) is 4.15. The Labute approximate surface area is 211 Å². The molecule has 1 saturated heterocycles. The highest BCUT2D eigenvalue weighted by molar-refractivity contribution is 7.91. The number of hydrogen-bond donors (Lipinski definition) is 0. The van der Waals surface area contributed by atoms with E-state index in [-0.39, 0.29) is 19.0 Å². The van der Waals surface area contributed by atoms with Crippen molar-refractivity contribution in [1.29, 1.82) is 0 Å². The summed E-state index contributed by atoms with van der Waals surface area (Å²) in [6.07, 6.45) is 2.93. The minimum atomic E-state index is -3.62. The number of piperidine rings is 1. The number of amides is 1. The third-order valence-corrected chi connectivity index (χ3v) is 10.2. The van der Waals surface area contributed by atoms with Gasteiger partial charge in [-0.05, 0) is 54.6 Å². The number of sulfonamides is 1. The van der Waals surface area contributed by atoms with Crippen LogP contribution in [0.15, 0.2) is 64.3 Å². The summed E-state index contributed by atoms with van der Waals surface area (Å²) in [5, 5.41) is 2.30. The summed E-state index contributed by atoms with van der Waals surface area (Å²) in [4.78, 5) is 24.6. The van der Waals surface area contributed by atoms with Crippen LogP contribution in [0, 0.1) is 5.92 Å².